The van der Waals surface area contributed by atoms with Crippen LogP contribution in [0.15, 0.2) is 6.07 Å². The van der Waals surface area contributed by atoms with Crippen molar-refractivity contribution in [1.29, 1.82) is 0 Å². The van der Waals surface area contributed by atoms with Crippen LogP contribution in [0.4, 0.5) is 0 Å². The number of aliphatic hydroxyl groups excluding tert-OH is 1. The zero-order valence-corrected chi connectivity index (χ0v) is 8.96. The first-order valence-corrected chi connectivity index (χ1v) is 4.54. The highest BCUT2D eigenvalue weighted by molar-refractivity contribution is 5.54. The Morgan fingerprint density at radius 2 is 1.93 bits per heavy atom. The summed E-state index contributed by atoms with van der Waals surface area (Å²) in [7, 11) is 1.51. The van der Waals surface area contributed by atoms with E-state index in [0.29, 0.717) is 11.3 Å². The lowest BCUT2D eigenvalue weighted by molar-refractivity contribution is 0.193. The number of benzene rings is 1. The number of phenolic OH excluding ortho intramolecular Hbond substituents is 1. The maximum atomic E-state index is 9.78. The summed E-state index contributed by atoms with van der Waals surface area (Å²) in [5.41, 5.74) is 2.40. The number of hydrogen-bond acceptors (Lipinski definition) is 3. The number of aromatic hydroxyl groups is 1. The van der Waals surface area contributed by atoms with Crippen LogP contribution in [0.25, 0.3) is 0 Å². The molecule has 0 fully saturated rings. The van der Waals surface area contributed by atoms with Crippen molar-refractivity contribution in [3.63, 3.8) is 0 Å². The Morgan fingerprint density at radius 3 is 2.36 bits per heavy atom. The molecule has 0 radical (unpaired) electrons. The molecule has 0 aliphatic carbocycles. The molecule has 1 aromatic rings. The fraction of sp³-hybridized carbons (Fsp3) is 0.455. The second kappa shape index (κ2) is 3.88. The molecule has 14 heavy (non-hydrogen) atoms. The fourth-order valence-electron chi connectivity index (χ4n) is 1.47. The van der Waals surface area contributed by atoms with Crippen LogP contribution < -0.4 is 4.74 Å². The van der Waals surface area contributed by atoms with Crippen LogP contribution in [0, 0.1) is 13.8 Å². The fourth-order valence-corrected chi connectivity index (χ4v) is 1.47. The van der Waals surface area contributed by atoms with E-state index in [1.807, 2.05) is 13.8 Å². The van der Waals surface area contributed by atoms with Crippen LogP contribution in [0.1, 0.15) is 29.7 Å². The molecular weight excluding hydrogens is 180 g/mol. The van der Waals surface area contributed by atoms with Crippen molar-refractivity contribution in [3.05, 3.63) is 22.8 Å². The Bertz CT molecular complexity index is 343. The second-order valence-electron chi connectivity index (χ2n) is 3.47. The van der Waals surface area contributed by atoms with Crippen molar-refractivity contribution in [3.8, 4) is 11.5 Å². The van der Waals surface area contributed by atoms with Crippen molar-refractivity contribution >= 4 is 0 Å². The smallest absolute Gasteiger partial charge is 0.164 e. The summed E-state index contributed by atoms with van der Waals surface area (Å²) in [4.78, 5) is 0. The molecule has 0 amide bonds. The summed E-state index contributed by atoms with van der Waals surface area (Å²) >= 11 is 0. The Labute approximate surface area is 84.0 Å². The van der Waals surface area contributed by atoms with Crippen molar-refractivity contribution in [2.45, 2.75) is 26.9 Å². The average Bonchev–Trinajstić information content (AvgIpc) is 2.12. The van der Waals surface area contributed by atoms with Gasteiger partial charge in [0.15, 0.2) is 11.5 Å². The summed E-state index contributed by atoms with van der Waals surface area (Å²) in [5, 5.41) is 19.2. The molecule has 0 aromatic heterocycles. The minimum absolute atomic E-state index is 0.0330. The van der Waals surface area contributed by atoms with Gasteiger partial charge >= 0.3 is 0 Å². The number of hydrogen-bond donors (Lipinski definition) is 2. The van der Waals surface area contributed by atoms with E-state index >= 15 is 0 Å². The van der Waals surface area contributed by atoms with Gasteiger partial charge in [-0.15, -0.1) is 0 Å². The Morgan fingerprint density at radius 1 is 1.36 bits per heavy atom. The third kappa shape index (κ3) is 1.68. The summed E-state index contributed by atoms with van der Waals surface area (Å²) < 4.78 is 5.09. The standard InChI is InChI=1S/C11H16O3/c1-6-5-9(8(3)12)10(13)11(14-4)7(6)2/h5,8,12-13H,1-4H3. The van der Waals surface area contributed by atoms with Crippen molar-refractivity contribution < 1.29 is 14.9 Å². The molecule has 1 aromatic carbocycles. The van der Waals surface area contributed by atoms with Gasteiger partial charge in [-0.05, 0) is 38.0 Å². The molecule has 0 saturated heterocycles. The van der Waals surface area contributed by atoms with Crippen LogP contribution in [0.3, 0.4) is 0 Å². The Balaban J connectivity index is 3.42. The first-order chi connectivity index (χ1) is 6.49. The van der Waals surface area contributed by atoms with E-state index < -0.39 is 6.10 Å². The largest absolute Gasteiger partial charge is 0.504 e. The van der Waals surface area contributed by atoms with Crippen LogP contribution in [-0.4, -0.2) is 17.3 Å². The maximum Gasteiger partial charge on any atom is 0.164 e. The van der Waals surface area contributed by atoms with E-state index in [0.717, 1.165) is 11.1 Å². The zero-order chi connectivity index (χ0) is 10.9. The van der Waals surface area contributed by atoms with Crippen LogP contribution in [0.2, 0.25) is 0 Å². The van der Waals surface area contributed by atoms with Gasteiger partial charge in [-0.2, -0.15) is 0 Å². The highest BCUT2D eigenvalue weighted by Crippen LogP contribution is 2.38. The summed E-state index contributed by atoms with van der Waals surface area (Å²) in [6.45, 7) is 5.41. The minimum Gasteiger partial charge on any atom is -0.504 e. The molecule has 1 atom stereocenters. The molecule has 3 heteroatoms. The Kier molecular flexibility index (Phi) is 3.01. The molecule has 0 spiro atoms. The van der Waals surface area contributed by atoms with E-state index in [1.165, 1.54) is 7.11 Å². The molecule has 0 heterocycles. The normalized spacial score (nSPS) is 12.6. The van der Waals surface area contributed by atoms with Gasteiger partial charge in [-0.3, -0.25) is 0 Å². The topological polar surface area (TPSA) is 49.7 Å². The third-order valence-electron chi connectivity index (χ3n) is 2.45. The monoisotopic (exact) mass is 196 g/mol. The molecule has 1 rings (SSSR count). The van der Waals surface area contributed by atoms with Crippen molar-refractivity contribution in [2.75, 3.05) is 7.11 Å². The molecule has 0 aliphatic heterocycles. The first kappa shape index (κ1) is 10.9. The summed E-state index contributed by atoms with van der Waals surface area (Å²) in [6, 6.07) is 1.78. The van der Waals surface area contributed by atoms with Gasteiger partial charge in [0.05, 0.1) is 13.2 Å². The zero-order valence-electron chi connectivity index (χ0n) is 8.96. The van der Waals surface area contributed by atoms with Gasteiger partial charge in [0.2, 0.25) is 0 Å². The lowest BCUT2D eigenvalue weighted by atomic mass is 10.0. The van der Waals surface area contributed by atoms with Crippen molar-refractivity contribution in [2.24, 2.45) is 0 Å². The number of aryl methyl sites for hydroxylation is 1. The van der Waals surface area contributed by atoms with Gasteiger partial charge in [0, 0.05) is 5.56 Å². The van der Waals surface area contributed by atoms with E-state index in [4.69, 9.17) is 4.74 Å². The van der Waals surface area contributed by atoms with E-state index in [1.54, 1.807) is 13.0 Å². The number of ether oxygens (including phenoxy) is 1. The molecule has 0 bridgehead atoms. The van der Waals surface area contributed by atoms with E-state index in [9.17, 15) is 10.2 Å². The Hall–Kier alpha value is -1.22. The van der Waals surface area contributed by atoms with Crippen LogP contribution in [0.5, 0.6) is 11.5 Å². The molecule has 0 saturated carbocycles. The van der Waals surface area contributed by atoms with Crippen molar-refractivity contribution in [1.82, 2.24) is 0 Å². The summed E-state index contributed by atoms with van der Waals surface area (Å²) in [5.74, 6) is 0.478. The van der Waals surface area contributed by atoms with Crippen LogP contribution in [-0.2, 0) is 0 Å². The SMILES string of the molecule is COc1c(C)c(C)cc(C(C)O)c1O. The molecule has 1 unspecified atom stereocenters. The summed E-state index contributed by atoms with van der Waals surface area (Å²) in [6.07, 6.45) is -0.691. The van der Waals surface area contributed by atoms with E-state index in [2.05, 4.69) is 0 Å². The number of aliphatic hydroxyl groups is 1. The lowest BCUT2D eigenvalue weighted by Gasteiger charge is -2.15. The van der Waals surface area contributed by atoms with E-state index in [-0.39, 0.29) is 5.75 Å². The molecular formula is C11H16O3. The van der Waals surface area contributed by atoms with Gasteiger partial charge in [-0.1, -0.05) is 0 Å². The number of phenols is 1. The minimum atomic E-state index is -0.691. The highest BCUT2D eigenvalue weighted by Gasteiger charge is 2.16. The van der Waals surface area contributed by atoms with Crippen LogP contribution >= 0.6 is 0 Å². The second-order valence-corrected chi connectivity index (χ2v) is 3.47. The highest BCUT2D eigenvalue weighted by atomic mass is 16.5. The average molecular weight is 196 g/mol. The first-order valence-electron chi connectivity index (χ1n) is 4.54. The maximum absolute atomic E-state index is 9.78. The predicted octanol–water partition coefficient (Wildman–Crippen LogP) is 2.07. The number of rotatable bonds is 2. The quantitative estimate of drug-likeness (QED) is 0.761. The predicted molar refractivity (Wildman–Crippen MR) is 54.8 cm³/mol. The molecule has 3 nitrogen and oxygen atoms in total. The van der Waals surface area contributed by atoms with Gasteiger partial charge in [0.1, 0.15) is 0 Å². The van der Waals surface area contributed by atoms with Gasteiger partial charge < -0.3 is 14.9 Å². The molecule has 2 N–H and O–H groups in total. The number of methoxy groups -OCH3 is 1. The molecule has 78 valence electrons. The van der Waals surface area contributed by atoms with Gasteiger partial charge in [0.25, 0.3) is 0 Å². The third-order valence-corrected chi connectivity index (χ3v) is 2.45. The lowest BCUT2D eigenvalue weighted by Crippen LogP contribution is -1.98. The van der Waals surface area contributed by atoms with Gasteiger partial charge in [-0.25, -0.2) is 0 Å². The molecule has 0 aliphatic rings.